The normalized spacial score (nSPS) is 24.5. The Labute approximate surface area is 257 Å². The zero-order valence-corrected chi connectivity index (χ0v) is 28.8. The van der Waals surface area contributed by atoms with Crippen LogP contribution in [-0.2, 0) is 28.6 Å². The van der Waals surface area contributed by atoms with Crippen molar-refractivity contribution in [1.29, 1.82) is 0 Å². The van der Waals surface area contributed by atoms with Gasteiger partial charge in [-0.05, 0) is 107 Å². The Bertz CT molecular complexity index is 985. The van der Waals surface area contributed by atoms with Crippen molar-refractivity contribution >= 4 is 17.9 Å². The fraction of sp³-hybridized carbons (Fsp3) is 0.639. The molecule has 2 aliphatic rings. The Hall–Kier alpha value is -2.89. The van der Waals surface area contributed by atoms with E-state index in [1.807, 2.05) is 53.7 Å². The minimum Gasteiger partial charge on any atom is -0.466 e. The van der Waals surface area contributed by atoms with Crippen molar-refractivity contribution in [3.63, 3.8) is 0 Å². The van der Waals surface area contributed by atoms with Crippen LogP contribution < -0.4 is 0 Å². The Balaban J connectivity index is 0. The first-order valence-electron chi connectivity index (χ1n) is 15.2. The van der Waals surface area contributed by atoms with Gasteiger partial charge >= 0.3 is 17.9 Å². The average Bonchev–Trinajstić information content (AvgIpc) is 2.87. The van der Waals surface area contributed by atoms with Crippen LogP contribution in [-0.4, -0.2) is 37.7 Å². The Morgan fingerprint density at radius 3 is 1.79 bits per heavy atom. The zero-order valence-electron chi connectivity index (χ0n) is 28.8. The van der Waals surface area contributed by atoms with E-state index < -0.39 is 0 Å². The van der Waals surface area contributed by atoms with E-state index in [0.717, 1.165) is 31.3 Å². The maximum atomic E-state index is 11.8. The second-order valence-corrected chi connectivity index (χ2v) is 11.9. The maximum absolute atomic E-state index is 11.8. The molecule has 6 heteroatoms. The number of carbonyl (C=O) groups is 3. The molecule has 0 radical (unpaired) electrons. The molecule has 4 atom stereocenters. The number of carbonyl (C=O) groups excluding carboxylic acids is 3. The van der Waals surface area contributed by atoms with Gasteiger partial charge in [0.15, 0.2) is 0 Å². The van der Waals surface area contributed by atoms with E-state index in [2.05, 4.69) is 57.7 Å². The molecule has 2 aliphatic carbocycles. The molecule has 6 nitrogen and oxygen atoms in total. The third-order valence-electron chi connectivity index (χ3n) is 7.17. The van der Waals surface area contributed by atoms with E-state index in [4.69, 9.17) is 9.47 Å². The minimum absolute atomic E-state index is 0.0423. The van der Waals surface area contributed by atoms with E-state index in [1.165, 1.54) is 11.1 Å². The van der Waals surface area contributed by atoms with Gasteiger partial charge in [-0.2, -0.15) is 0 Å². The van der Waals surface area contributed by atoms with Gasteiger partial charge < -0.3 is 14.2 Å². The summed E-state index contributed by atoms with van der Waals surface area (Å²) in [5.74, 6) is 0.372. The second-order valence-electron chi connectivity index (χ2n) is 11.9. The van der Waals surface area contributed by atoms with Crippen LogP contribution >= 0.6 is 0 Å². The quantitative estimate of drug-likeness (QED) is 0.0970. The molecule has 0 spiro atoms. The van der Waals surface area contributed by atoms with Crippen LogP contribution in [0.4, 0.5) is 0 Å². The lowest BCUT2D eigenvalue weighted by Crippen LogP contribution is -2.37. The topological polar surface area (TPSA) is 78.9 Å². The van der Waals surface area contributed by atoms with Gasteiger partial charge in [0.2, 0.25) is 0 Å². The molecule has 42 heavy (non-hydrogen) atoms. The molecular formula is C36H60O6. The van der Waals surface area contributed by atoms with Gasteiger partial charge in [0, 0.05) is 5.57 Å². The summed E-state index contributed by atoms with van der Waals surface area (Å²) in [5.41, 5.74) is 3.65. The third-order valence-corrected chi connectivity index (χ3v) is 7.17. The lowest BCUT2D eigenvalue weighted by atomic mass is 9.70. The van der Waals surface area contributed by atoms with Crippen LogP contribution in [0.5, 0.6) is 0 Å². The summed E-state index contributed by atoms with van der Waals surface area (Å²) in [7, 11) is 0. The molecule has 4 unspecified atom stereocenters. The lowest BCUT2D eigenvalue weighted by Gasteiger charge is -2.35. The van der Waals surface area contributed by atoms with Crippen molar-refractivity contribution < 1.29 is 28.6 Å². The van der Waals surface area contributed by atoms with E-state index in [0.29, 0.717) is 31.3 Å². The molecular weight excluding hydrogens is 528 g/mol. The van der Waals surface area contributed by atoms with Crippen LogP contribution in [0.25, 0.3) is 0 Å². The van der Waals surface area contributed by atoms with Crippen molar-refractivity contribution in [3.8, 4) is 0 Å². The molecule has 0 aromatic rings. The number of hydrogen-bond donors (Lipinski definition) is 0. The summed E-state index contributed by atoms with van der Waals surface area (Å²) in [6.07, 6.45) is 12.1. The lowest BCUT2D eigenvalue weighted by molar-refractivity contribution is -0.157. The van der Waals surface area contributed by atoms with Gasteiger partial charge in [-0.15, -0.1) is 0 Å². The summed E-state index contributed by atoms with van der Waals surface area (Å²) < 4.78 is 14.8. The Morgan fingerprint density at radius 2 is 1.43 bits per heavy atom. The number of allylic oxidation sites excluding steroid dienone is 7. The van der Waals surface area contributed by atoms with Gasteiger partial charge in [0.1, 0.15) is 0 Å². The van der Waals surface area contributed by atoms with Gasteiger partial charge in [0.05, 0.1) is 30.7 Å². The van der Waals surface area contributed by atoms with E-state index >= 15 is 0 Å². The predicted octanol–water partition coefficient (Wildman–Crippen LogP) is 9.13. The summed E-state index contributed by atoms with van der Waals surface area (Å²) in [6.45, 7) is 32.0. The van der Waals surface area contributed by atoms with Crippen molar-refractivity contribution in [2.45, 2.75) is 109 Å². The fourth-order valence-corrected chi connectivity index (χ4v) is 4.96. The first-order chi connectivity index (χ1) is 19.4. The molecule has 0 amide bonds. The van der Waals surface area contributed by atoms with Gasteiger partial charge in [-0.1, -0.05) is 68.0 Å². The number of rotatable bonds is 7. The van der Waals surface area contributed by atoms with Crippen molar-refractivity contribution in [3.05, 3.63) is 59.8 Å². The summed E-state index contributed by atoms with van der Waals surface area (Å²) in [5, 5.41) is 0. The monoisotopic (exact) mass is 588 g/mol. The molecule has 240 valence electrons. The molecule has 0 bridgehead atoms. The minimum atomic E-state index is -0.312. The SMILES string of the molecule is C=C(C)/C=C/C.C=C(C)C(=O)OCC.CCOC(=O)C1(C)CC(C)=CC(C)C1.CCOC(=O)C1(C)CCC(C)=CC1C. The predicted molar refractivity (Wildman–Crippen MR) is 175 cm³/mol. The van der Waals surface area contributed by atoms with Crippen molar-refractivity contribution in [2.75, 3.05) is 19.8 Å². The smallest absolute Gasteiger partial charge is 0.333 e. The molecule has 2 rings (SSSR count). The standard InChI is InChI=1S/2C12H20O2.C6H10O2.C6H10/c1-5-14-11(13)12(4)7-9(2)6-10(3)8-12;1-5-14-11(13)12(4)7-6-9(2)8-10(12)3;1-4-8-6(7)5(2)3;1-4-5-6(2)3/h6,9H,5,7-8H2,1-4H3;8,10H,5-7H2,1-4H3;2,4H2,1,3H3;4-5H,2H2,1,3H3/b;;;5-4+. The number of ether oxygens (including phenoxy) is 3. The molecule has 0 aromatic heterocycles. The summed E-state index contributed by atoms with van der Waals surface area (Å²) >= 11 is 0. The second kappa shape index (κ2) is 20.9. The van der Waals surface area contributed by atoms with Gasteiger partial charge in [0.25, 0.3) is 0 Å². The number of hydrogen-bond acceptors (Lipinski definition) is 6. The largest absolute Gasteiger partial charge is 0.466 e. The molecule has 0 saturated heterocycles. The molecule has 0 heterocycles. The first kappa shape index (κ1) is 41.2. The van der Waals surface area contributed by atoms with Crippen molar-refractivity contribution in [2.24, 2.45) is 22.7 Å². The molecule has 0 aromatic carbocycles. The highest BCUT2D eigenvalue weighted by Crippen LogP contribution is 2.41. The third kappa shape index (κ3) is 15.9. The highest BCUT2D eigenvalue weighted by molar-refractivity contribution is 5.86. The molecule has 0 N–H and O–H groups in total. The molecule has 0 aliphatic heterocycles. The zero-order chi connectivity index (χ0) is 33.1. The Morgan fingerprint density at radius 1 is 0.905 bits per heavy atom. The highest BCUT2D eigenvalue weighted by Gasteiger charge is 2.41. The van der Waals surface area contributed by atoms with Gasteiger partial charge in [-0.3, -0.25) is 9.59 Å². The maximum Gasteiger partial charge on any atom is 0.333 e. The Kier molecular flexibility index (Phi) is 20.5. The van der Waals surface area contributed by atoms with E-state index in [-0.39, 0.29) is 34.7 Å². The molecule has 0 fully saturated rings. The fourth-order valence-electron chi connectivity index (χ4n) is 4.96. The van der Waals surface area contributed by atoms with Crippen LogP contribution in [0.1, 0.15) is 109 Å². The van der Waals surface area contributed by atoms with Crippen LogP contribution in [0.15, 0.2) is 59.8 Å². The number of esters is 3. The van der Waals surface area contributed by atoms with Crippen LogP contribution in [0.3, 0.4) is 0 Å². The average molecular weight is 589 g/mol. The van der Waals surface area contributed by atoms with Gasteiger partial charge in [-0.25, -0.2) is 4.79 Å². The molecule has 0 saturated carbocycles. The van der Waals surface area contributed by atoms with Crippen LogP contribution in [0.2, 0.25) is 0 Å². The van der Waals surface area contributed by atoms with Crippen molar-refractivity contribution in [1.82, 2.24) is 0 Å². The first-order valence-corrected chi connectivity index (χ1v) is 15.2. The van der Waals surface area contributed by atoms with E-state index in [9.17, 15) is 14.4 Å². The van der Waals surface area contributed by atoms with Crippen LogP contribution in [0, 0.1) is 22.7 Å². The summed E-state index contributed by atoms with van der Waals surface area (Å²) in [4.78, 5) is 34.0. The van der Waals surface area contributed by atoms with E-state index in [1.54, 1.807) is 13.8 Å². The summed E-state index contributed by atoms with van der Waals surface area (Å²) in [6, 6.07) is 0. The highest BCUT2D eigenvalue weighted by atomic mass is 16.5.